The van der Waals surface area contributed by atoms with Crippen LogP contribution in [0.4, 0.5) is 10.2 Å². The molecule has 0 radical (unpaired) electrons. The Morgan fingerprint density at radius 3 is 2.68 bits per heavy atom. The molecule has 6 rings (SSSR count). The number of nitrogens with zero attached hydrogens (tertiary/aromatic N) is 7. The van der Waals surface area contributed by atoms with Gasteiger partial charge in [0.15, 0.2) is 22.8 Å². The Bertz CT molecular complexity index is 1560. The van der Waals surface area contributed by atoms with E-state index < -0.39 is 0 Å². The molecule has 2 aliphatic rings. The highest BCUT2D eigenvalue weighted by molar-refractivity contribution is 5.95. The first kappa shape index (κ1) is 27.6. The lowest BCUT2D eigenvalue weighted by atomic mass is 9.99. The Kier molecular flexibility index (Phi) is 7.62. The molecule has 1 atom stereocenters. The molecule has 0 spiro atoms. The number of benzene rings is 1. The lowest BCUT2D eigenvalue weighted by Gasteiger charge is -2.42. The van der Waals surface area contributed by atoms with E-state index in [0.717, 1.165) is 41.9 Å². The fraction of sp³-hybridized carbons (Fsp3) is 0.517. The standard InChI is InChI=1S/C29H38FN9O2/c1-4-39-24(17-36-9-10-38(16-23(31)40)22(15-36)18(2)3)33-26-28(37-11-13-41-14-12-37)34-27(35-29(26)39)25-19-7-8-32-21(19)6-5-20(25)30/h5-8,18,22,32H,4,9-17H2,1-3H3,(H2,31,40). The molecule has 2 fully saturated rings. The van der Waals surface area contributed by atoms with Crippen molar-refractivity contribution in [1.82, 2.24) is 34.3 Å². The van der Waals surface area contributed by atoms with Gasteiger partial charge in [-0.2, -0.15) is 0 Å². The van der Waals surface area contributed by atoms with Crippen LogP contribution in [0.1, 0.15) is 26.6 Å². The van der Waals surface area contributed by atoms with Gasteiger partial charge in [0.1, 0.15) is 11.6 Å². The SMILES string of the molecule is CCn1c(CN2CCN(CC(N)=O)C(C(C)C)C2)nc2c(N3CCOCC3)nc(-c3c(F)ccc4[nH]ccc34)nc21. The molecule has 2 saturated heterocycles. The third-order valence-electron chi connectivity index (χ3n) is 8.30. The molecule has 3 aromatic heterocycles. The van der Waals surface area contributed by atoms with Crippen molar-refractivity contribution in [2.75, 3.05) is 57.4 Å². The van der Waals surface area contributed by atoms with Crippen molar-refractivity contribution in [3.8, 4) is 11.4 Å². The second kappa shape index (κ2) is 11.3. The van der Waals surface area contributed by atoms with Crippen LogP contribution in [0.2, 0.25) is 0 Å². The highest BCUT2D eigenvalue weighted by atomic mass is 19.1. The highest BCUT2D eigenvalue weighted by Crippen LogP contribution is 2.34. The summed E-state index contributed by atoms with van der Waals surface area (Å²) in [5.74, 6) is 1.67. The number of nitrogens with one attached hydrogen (secondary N) is 1. The van der Waals surface area contributed by atoms with Gasteiger partial charge < -0.3 is 24.9 Å². The number of carbonyl (C=O) groups excluding carboxylic acids is 1. The maximum Gasteiger partial charge on any atom is 0.231 e. The average molecular weight is 564 g/mol. The quantitative estimate of drug-likeness (QED) is 0.336. The van der Waals surface area contributed by atoms with Gasteiger partial charge in [-0.1, -0.05) is 13.8 Å². The van der Waals surface area contributed by atoms with Crippen LogP contribution in [-0.2, 0) is 22.6 Å². The van der Waals surface area contributed by atoms with Gasteiger partial charge in [-0.05, 0) is 31.0 Å². The number of ether oxygens (including phenoxy) is 1. The normalized spacial score (nSPS) is 19.1. The first-order valence-electron chi connectivity index (χ1n) is 14.4. The van der Waals surface area contributed by atoms with Crippen molar-refractivity contribution < 1.29 is 13.9 Å². The Labute approximate surface area is 238 Å². The summed E-state index contributed by atoms with van der Waals surface area (Å²) in [6.07, 6.45) is 1.80. The van der Waals surface area contributed by atoms with Crippen LogP contribution < -0.4 is 10.6 Å². The van der Waals surface area contributed by atoms with E-state index in [9.17, 15) is 4.79 Å². The van der Waals surface area contributed by atoms with E-state index in [4.69, 9.17) is 25.4 Å². The summed E-state index contributed by atoms with van der Waals surface area (Å²) in [6, 6.07) is 5.27. The molecule has 0 bridgehead atoms. The van der Waals surface area contributed by atoms with Crippen molar-refractivity contribution in [2.45, 2.75) is 39.9 Å². The van der Waals surface area contributed by atoms with Gasteiger partial charge in [0.05, 0.1) is 31.9 Å². The molecule has 4 aromatic rings. The second-order valence-corrected chi connectivity index (χ2v) is 11.3. The van der Waals surface area contributed by atoms with Gasteiger partial charge in [-0.3, -0.25) is 14.6 Å². The lowest BCUT2D eigenvalue weighted by Crippen LogP contribution is -2.56. The molecule has 0 saturated carbocycles. The molecular weight excluding hydrogens is 525 g/mol. The zero-order valence-electron chi connectivity index (χ0n) is 23.9. The molecule has 1 amide bonds. The number of primary amides is 1. The molecule has 11 nitrogen and oxygen atoms in total. The van der Waals surface area contributed by atoms with Crippen LogP contribution in [0.15, 0.2) is 24.4 Å². The number of carbonyl (C=O) groups is 1. The largest absolute Gasteiger partial charge is 0.378 e. The van der Waals surface area contributed by atoms with Gasteiger partial charge in [-0.15, -0.1) is 0 Å². The molecule has 1 aromatic carbocycles. The zero-order chi connectivity index (χ0) is 28.7. The summed E-state index contributed by atoms with van der Waals surface area (Å²) in [5.41, 5.74) is 8.17. The summed E-state index contributed by atoms with van der Waals surface area (Å²) in [5, 5.41) is 0.744. The number of rotatable bonds is 8. The number of morpholine rings is 1. The van der Waals surface area contributed by atoms with E-state index in [1.54, 1.807) is 12.3 Å². The number of aromatic amines is 1. The van der Waals surface area contributed by atoms with Crippen molar-refractivity contribution in [2.24, 2.45) is 11.7 Å². The van der Waals surface area contributed by atoms with Crippen LogP contribution >= 0.6 is 0 Å². The van der Waals surface area contributed by atoms with E-state index in [1.807, 2.05) is 6.07 Å². The maximum atomic E-state index is 15.4. The Hall–Kier alpha value is -3.61. The van der Waals surface area contributed by atoms with Crippen molar-refractivity contribution >= 4 is 33.8 Å². The Balaban J connectivity index is 1.42. The van der Waals surface area contributed by atoms with Crippen LogP contribution in [0.25, 0.3) is 33.5 Å². The van der Waals surface area contributed by atoms with Gasteiger partial charge >= 0.3 is 0 Å². The zero-order valence-corrected chi connectivity index (χ0v) is 23.9. The minimum atomic E-state index is -0.360. The molecule has 1 unspecified atom stereocenters. The predicted octanol–water partition coefficient (Wildman–Crippen LogP) is 2.60. The number of anilines is 1. The molecule has 3 N–H and O–H groups in total. The summed E-state index contributed by atoms with van der Waals surface area (Å²) >= 11 is 0. The number of hydrogen-bond acceptors (Lipinski definition) is 8. The Morgan fingerprint density at radius 1 is 1.15 bits per heavy atom. The minimum Gasteiger partial charge on any atom is -0.378 e. The molecule has 12 heteroatoms. The minimum absolute atomic E-state index is 0.218. The number of nitrogens with two attached hydrogens (primary N) is 1. The van der Waals surface area contributed by atoms with Crippen LogP contribution in [0.5, 0.6) is 0 Å². The van der Waals surface area contributed by atoms with E-state index >= 15 is 4.39 Å². The number of fused-ring (bicyclic) bond motifs is 2. The van der Waals surface area contributed by atoms with Crippen LogP contribution in [0, 0.1) is 11.7 Å². The molecule has 5 heterocycles. The average Bonchev–Trinajstić information content (AvgIpc) is 3.57. The number of halogens is 1. The molecule has 41 heavy (non-hydrogen) atoms. The molecule has 0 aliphatic carbocycles. The number of aryl methyl sites for hydroxylation is 1. The molecular formula is C29H38FN9O2. The highest BCUT2D eigenvalue weighted by Gasteiger charge is 2.31. The molecule has 2 aliphatic heterocycles. The van der Waals surface area contributed by atoms with Gasteiger partial charge in [0.25, 0.3) is 0 Å². The third kappa shape index (κ3) is 5.27. The van der Waals surface area contributed by atoms with Crippen LogP contribution in [-0.4, -0.2) is 98.7 Å². The molecule has 218 valence electrons. The summed E-state index contributed by atoms with van der Waals surface area (Å²) in [7, 11) is 0. The van der Waals surface area contributed by atoms with E-state index in [1.165, 1.54) is 6.07 Å². The van der Waals surface area contributed by atoms with Gasteiger partial charge in [0.2, 0.25) is 5.91 Å². The first-order chi connectivity index (χ1) is 19.8. The fourth-order valence-electron chi connectivity index (χ4n) is 6.21. The topological polar surface area (TPSA) is 121 Å². The van der Waals surface area contributed by atoms with E-state index in [0.29, 0.717) is 68.2 Å². The number of imidazole rings is 1. The Morgan fingerprint density at radius 2 is 1.95 bits per heavy atom. The number of aromatic nitrogens is 5. The summed E-state index contributed by atoms with van der Waals surface area (Å²) < 4.78 is 23.1. The second-order valence-electron chi connectivity index (χ2n) is 11.3. The predicted molar refractivity (Wildman–Crippen MR) is 156 cm³/mol. The van der Waals surface area contributed by atoms with Gasteiger partial charge in [-0.25, -0.2) is 19.3 Å². The van der Waals surface area contributed by atoms with Gasteiger partial charge in [0, 0.05) is 62.4 Å². The maximum absolute atomic E-state index is 15.4. The number of piperazine rings is 1. The fourth-order valence-corrected chi connectivity index (χ4v) is 6.21. The van der Waals surface area contributed by atoms with Crippen molar-refractivity contribution in [3.05, 3.63) is 36.0 Å². The third-order valence-corrected chi connectivity index (χ3v) is 8.30. The number of H-pyrrole nitrogens is 1. The number of amides is 1. The van der Waals surface area contributed by atoms with E-state index in [-0.39, 0.29) is 24.3 Å². The first-order valence-corrected chi connectivity index (χ1v) is 14.4. The van der Waals surface area contributed by atoms with Crippen LogP contribution in [0.3, 0.4) is 0 Å². The lowest BCUT2D eigenvalue weighted by molar-refractivity contribution is -0.120. The smallest absolute Gasteiger partial charge is 0.231 e. The number of hydrogen-bond donors (Lipinski definition) is 2. The van der Waals surface area contributed by atoms with E-state index in [2.05, 4.69) is 45.0 Å². The monoisotopic (exact) mass is 563 g/mol. The van der Waals surface area contributed by atoms with Crippen molar-refractivity contribution in [3.63, 3.8) is 0 Å². The van der Waals surface area contributed by atoms with Crippen molar-refractivity contribution in [1.29, 1.82) is 0 Å². The summed E-state index contributed by atoms with van der Waals surface area (Å²) in [6.45, 7) is 12.9. The summed E-state index contributed by atoms with van der Waals surface area (Å²) in [4.78, 5) is 36.6.